The third-order valence-corrected chi connectivity index (χ3v) is 3.00. The quantitative estimate of drug-likeness (QED) is 0.834. The van der Waals surface area contributed by atoms with Crippen molar-refractivity contribution in [3.05, 3.63) is 26.9 Å². The highest BCUT2D eigenvalue weighted by Crippen LogP contribution is 2.11. The molecule has 0 bridgehead atoms. The Bertz CT molecular complexity index is 666. The Morgan fingerprint density at radius 2 is 2.17 bits per heavy atom. The summed E-state index contributed by atoms with van der Waals surface area (Å²) >= 11 is 5.19. The summed E-state index contributed by atoms with van der Waals surface area (Å²) < 4.78 is 7.83. The molecule has 2 rings (SSSR count). The second-order valence-corrected chi connectivity index (χ2v) is 4.93. The largest absolute Gasteiger partial charge is 0.377 e. The maximum Gasteiger partial charge on any atom is 0.276 e. The normalized spacial score (nSPS) is 11.6. The monoisotopic (exact) mass is 267 g/mol. The van der Waals surface area contributed by atoms with Gasteiger partial charge in [0.2, 0.25) is 0 Å². The van der Waals surface area contributed by atoms with Crippen molar-refractivity contribution in [2.75, 3.05) is 6.61 Å². The van der Waals surface area contributed by atoms with Gasteiger partial charge in [-0.25, -0.2) is 0 Å². The minimum Gasteiger partial charge on any atom is -0.377 e. The third-order valence-electron chi connectivity index (χ3n) is 2.68. The molecule has 0 saturated carbocycles. The summed E-state index contributed by atoms with van der Waals surface area (Å²) in [6, 6.07) is 1.93. The van der Waals surface area contributed by atoms with Crippen molar-refractivity contribution in [2.45, 2.75) is 33.4 Å². The van der Waals surface area contributed by atoms with Crippen LogP contribution >= 0.6 is 12.2 Å². The van der Waals surface area contributed by atoms with Crippen molar-refractivity contribution in [2.24, 2.45) is 0 Å². The van der Waals surface area contributed by atoms with Crippen LogP contribution in [0.25, 0.3) is 11.0 Å². The van der Waals surface area contributed by atoms with Crippen LogP contribution < -0.4 is 5.56 Å². The molecule has 0 aliphatic carbocycles. The topological polar surface area (TPSA) is 62.8 Å². The number of rotatable bonds is 4. The lowest BCUT2D eigenvalue weighted by Crippen LogP contribution is -2.17. The van der Waals surface area contributed by atoms with Crippen LogP contribution in [0.1, 0.15) is 19.5 Å². The van der Waals surface area contributed by atoms with Gasteiger partial charge in [-0.15, -0.1) is 0 Å². The molecule has 0 aliphatic heterocycles. The first kappa shape index (κ1) is 13.0. The van der Waals surface area contributed by atoms with Gasteiger partial charge >= 0.3 is 0 Å². The van der Waals surface area contributed by atoms with Crippen LogP contribution in [0.4, 0.5) is 0 Å². The number of H-pyrrole nitrogens is 2. The molecule has 98 valence electrons. The third kappa shape index (κ3) is 2.54. The molecular weight excluding hydrogens is 250 g/mol. The molecule has 0 atom stereocenters. The van der Waals surface area contributed by atoms with E-state index in [9.17, 15) is 4.79 Å². The zero-order valence-corrected chi connectivity index (χ0v) is 11.6. The van der Waals surface area contributed by atoms with E-state index in [0.29, 0.717) is 23.4 Å². The molecule has 0 radical (unpaired) electrons. The Kier molecular flexibility index (Phi) is 3.68. The smallest absolute Gasteiger partial charge is 0.276 e. The van der Waals surface area contributed by atoms with Gasteiger partial charge in [-0.2, -0.15) is 0 Å². The van der Waals surface area contributed by atoms with E-state index in [-0.39, 0.29) is 11.7 Å². The number of ether oxygens (including phenoxy) is 1. The lowest BCUT2D eigenvalue weighted by atomic mass is 10.4. The molecule has 0 aromatic carbocycles. The van der Waals surface area contributed by atoms with E-state index in [1.165, 1.54) is 0 Å². The molecule has 18 heavy (non-hydrogen) atoms. The van der Waals surface area contributed by atoms with Gasteiger partial charge in [0.1, 0.15) is 5.52 Å². The molecule has 0 aliphatic rings. The second-order valence-electron chi connectivity index (χ2n) is 4.54. The van der Waals surface area contributed by atoms with Crippen molar-refractivity contribution in [3.63, 3.8) is 0 Å². The number of fused-ring (bicyclic) bond motifs is 1. The summed E-state index contributed by atoms with van der Waals surface area (Å²) in [4.78, 5) is 17.5. The van der Waals surface area contributed by atoms with Gasteiger partial charge in [0.15, 0.2) is 4.77 Å². The van der Waals surface area contributed by atoms with Crippen molar-refractivity contribution in [1.29, 1.82) is 0 Å². The molecule has 0 unspecified atom stereocenters. The molecule has 2 aromatic rings. The van der Waals surface area contributed by atoms with Crippen LogP contribution in [0.15, 0.2) is 10.9 Å². The summed E-state index contributed by atoms with van der Waals surface area (Å²) in [6.45, 7) is 7.08. The fraction of sp³-hybridized carbons (Fsp3) is 0.500. The van der Waals surface area contributed by atoms with Gasteiger partial charge in [-0.1, -0.05) is 0 Å². The van der Waals surface area contributed by atoms with E-state index in [1.54, 1.807) is 0 Å². The van der Waals surface area contributed by atoms with E-state index in [2.05, 4.69) is 9.97 Å². The lowest BCUT2D eigenvalue weighted by Gasteiger charge is -2.11. The van der Waals surface area contributed by atoms with Crippen molar-refractivity contribution in [1.82, 2.24) is 14.5 Å². The highest BCUT2D eigenvalue weighted by molar-refractivity contribution is 7.71. The van der Waals surface area contributed by atoms with E-state index >= 15 is 0 Å². The summed E-state index contributed by atoms with van der Waals surface area (Å²) in [6.07, 6.45) is 0.186. The molecule has 2 heterocycles. The highest BCUT2D eigenvalue weighted by atomic mass is 32.1. The maximum absolute atomic E-state index is 11.7. The standard InChI is InChI=1S/C12H17N3O2S/c1-7(2)17-5-4-15-9-6-8(3)13-10(9)11(16)14-12(15)18/h6-7,13H,4-5H2,1-3H3,(H,14,16,18). The van der Waals surface area contributed by atoms with Gasteiger partial charge in [0, 0.05) is 12.2 Å². The minimum atomic E-state index is -0.177. The van der Waals surface area contributed by atoms with Gasteiger partial charge in [0.05, 0.1) is 18.2 Å². The van der Waals surface area contributed by atoms with Gasteiger partial charge in [-0.05, 0) is 39.1 Å². The number of nitrogens with one attached hydrogen (secondary N) is 2. The number of aryl methyl sites for hydroxylation is 1. The molecule has 2 aromatic heterocycles. The Balaban J connectivity index is 2.43. The van der Waals surface area contributed by atoms with Gasteiger partial charge in [-0.3, -0.25) is 9.78 Å². The van der Waals surface area contributed by atoms with Gasteiger partial charge < -0.3 is 14.3 Å². The van der Waals surface area contributed by atoms with E-state index in [0.717, 1.165) is 11.2 Å². The Labute approximate surface area is 110 Å². The first-order chi connectivity index (χ1) is 8.49. The fourth-order valence-electron chi connectivity index (χ4n) is 1.90. The molecule has 0 spiro atoms. The average molecular weight is 267 g/mol. The number of nitrogens with zero attached hydrogens (tertiary/aromatic N) is 1. The van der Waals surface area contributed by atoms with Crippen LogP contribution in [-0.2, 0) is 11.3 Å². The van der Waals surface area contributed by atoms with Crippen molar-refractivity contribution in [3.8, 4) is 0 Å². The summed E-state index contributed by atoms with van der Waals surface area (Å²) in [5.74, 6) is 0. The molecule has 0 fully saturated rings. The zero-order valence-electron chi connectivity index (χ0n) is 10.7. The Morgan fingerprint density at radius 1 is 1.44 bits per heavy atom. The molecule has 0 saturated heterocycles. The van der Waals surface area contributed by atoms with Crippen LogP contribution in [0, 0.1) is 11.7 Å². The molecule has 0 amide bonds. The highest BCUT2D eigenvalue weighted by Gasteiger charge is 2.08. The average Bonchev–Trinajstić information content (AvgIpc) is 2.65. The zero-order chi connectivity index (χ0) is 13.3. The molecular formula is C12H17N3O2S. The first-order valence-electron chi connectivity index (χ1n) is 5.93. The number of hydrogen-bond acceptors (Lipinski definition) is 3. The Morgan fingerprint density at radius 3 is 2.83 bits per heavy atom. The predicted molar refractivity (Wildman–Crippen MR) is 73.6 cm³/mol. The molecule has 5 nitrogen and oxygen atoms in total. The fourth-order valence-corrected chi connectivity index (χ4v) is 2.18. The summed E-state index contributed by atoms with van der Waals surface area (Å²) in [5, 5.41) is 0. The summed E-state index contributed by atoms with van der Waals surface area (Å²) in [5.41, 5.74) is 2.15. The lowest BCUT2D eigenvalue weighted by molar-refractivity contribution is 0.0729. The number of hydrogen-bond donors (Lipinski definition) is 2. The second kappa shape index (κ2) is 5.07. The number of aromatic nitrogens is 3. The van der Waals surface area contributed by atoms with Crippen LogP contribution in [0.5, 0.6) is 0 Å². The number of aromatic amines is 2. The van der Waals surface area contributed by atoms with E-state index in [1.807, 2.05) is 31.4 Å². The SMILES string of the molecule is Cc1cc2c([nH]1)c(=O)[nH]c(=S)n2CCOC(C)C. The van der Waals surface area contributed by atoms with E-state index < -0.39 is 0 Å². The molecule has 6 heteroatoms. The predicted octanol–water partition coefficient (Wildman–Crippen LogP) is 2.12. The van der Waals surface area contributed by atoms with Gasteiger partial charge in [0.25, 0.3) is 5.56 Å². The van der Waals surface area contributed by atoms with Crippen LogP contribution in [0.2, 0.25) is 0 Å². The van der Waals surface area contributed by atoms with E-state index in [4.69, 9.17) is 17.0 Å². The Hall–Kier alpha value is -1.40. The minimum absolute atomic E-state index is 0.177. The molecule has 2 N–H and O–H groups in total. The van der Waals surface area contributed by atoms with Crippen molar-refractivity contribution < 1.29 is 4.74 Å². The van der Waals surface area contributed by atoms with Crippen LogP contribution in [0.3, 0.4) is 0 Å². The maximum atomic E-state index is 11.7. The summed E-state index contributed by atoms with van der Waals surface area (Å²) in [7, 11) is 0. The first-order valence-corrected chi connectivity index (χ1v) is 6.34. The van der Waals surface area contributed by atoms with Crippen LogP contribution in [-0.4, -0.2) is 27.2 Å². The van der Waals surface area contributed by atoms with Crippen molar-refractivity contribution >= 4 is 23.3 Å².